The number of hydrogen-bond donors (Lipinski definition) is 0. The van der Waals surface area contributed by atoms with Gasteiger partial charge in [-0.05, 0) is 12.5 Å². The molecule has 1 atom stereocenters. The minimum atomic E-state index is 0.360. The first-order chi connectivity index (χ1) is 7.35. The lowest BCUT2D eigenvalue weighted by molar-refractivity contribution is -0.117. The lowest BCUT2D eigenvalue weighted by atomic mass is 10.00. The summed E-state index contributed by atoms with van der Waals surface area (Å²) in [4.78, 5) is 16.6. The van der Waals surface area contributed by atoms with Crippen molar-refractivity contribution >= 4 is 6.41 Å². The molecule has 1 fully saturated rings. The molecule has 1 unspecified atom stereocenters. The monoisotopic (exact) mass is 206 g/mol. The molecule has 1 amide bonds. The molecule has 0 radical (unpaired) electrons. The van der Waals surface area contributed by atoms with Gasteiger partial charge in [0.25, 0.3) is 0 Å². The van der Waals surface area contributed by atoms with Gasteiger partial charge < -0.3 is 9.64 Å². The van der Waals surface area contributed by atoms with Crippen LogP contribution in [0.15, 0.2) is 18.3 Å². The molecular formula is C11H14N2O2. The third kappa shape index (κ3) is 1.93. The van der Waals surface area contributed by atoms with E-state index >= 15 is 0 Å². The smallest absolute Gasteiger partial charge is 0.216 e. The molecule has 1 aromatic heterocycles. The number of methoxy groups -OCH3 is 1. The highest BCUT2D eigenvalue weighted by Crippen LogP contribution is 2.31. The Morgan fingerprint density at radius 3 is 3.20 bits per heavy atom. The largest absolute Gasteiger partial charge is 0.481 e. The zero-order valence-corrected chi connectivity index (χ0v) is 8.72. The van der Waals surface area contributed by atoms with E-state index in [9.17, 15) is 4.79 Å². The van der Waals surface area contributed by atoms with Crippen LogP contribution in [-0.2, 0) is 4.79 Å². The number of carbonyl (C=O) groups is 1. The summed E-state index contributed by atoms with van der Waals surface area (Å²) in [5.41, 5.74) is 1.10. The maximum atomic E-state index is 10.6. The fourth-order valence-corrected chi connectivity index (χ4v) is 2.02. The maximum absolute atomic E-state index is 10.6. The number of carbonyl (C=O) groups excluding carboxylic acids is 1. The maximum Gasteiger partial charge on any atom is 0.216 e. The first-order valence-electron chi connectivity index (χ1n) is 5.03. The van der Waals surface area contributed by atoms with E-state index in [0.717, 1.165) is 31.5 Å². The van der Waals surface area contributed by atoms with E-state index < -0.39 is 0 Å². The number of likely N-dealkylation sites (tertiary alicyclic amines) is 1. The SMILES string of the molecule is COc1ncccc1C1CCN(C=O)C1. The van der Waals surface area contributed by atoms with E-state index in [1.807, 2.05) is 12.1 Å². The van der Waals surface area contributed by atoms with Gasteiger partial charge in [0.15, 0.2) is 0 Å². The third-order valence-corrected chi connectivity index (χ3v) is 2.80. The summed E-state index contributed by atoms with van der Waals surface area (Å²) in [5, 5.41) is 0. The van der Waals surface area contributed by atoms with E-state index in [2.05, 4.69) is 4.98 Å². The summed E-state index contributed by atoms with van der Waals surface area (Å²) >= 11 is 0. The molecule has 0 N–H and O–H groups in total. The Bertz CT molecular complexity index is 354. The van der Waals surface area contributed by atoms with E-state index in [1.54, 1.807) is 18.2 Å². The van der Waals surface area contributed by atoms with Crippen molar-refractivity contribution in [3.63, 3.8) is 0 Å². The quantitative estimate of drug-likeness (QED) is 0.694. The van der Waals surface area contributed by atoms with E-state index in [1.165, 1.54) is 0 Å². The summed E-state index contributed by atoms with van der Waals surface area (Å²) < 4.78 is 5.21. The van der Waals surface area contributed by atoms with Crippen molar-refractivity contribution in [2.45, 2.75) is 12.3 Å². The fraction of sp³-hybridized carbons (Fsp3) is 0.455. The van der Waals surface area contributed by atoms with Crippen molar-refractivity contribution in [1.82, 2.24) is 9.88 Å². The molecule has 0 bridgehead atoms. The van der Waals surface area contributed by atoms with Gasteiger partial charge in [0, 0.05) is 30.8 Å². The Hall–Kier alpha value is -1.58. The highest BCUT2D eigenvalue weighted by Gasteiger charge is 2.25. The van der Waals surface area contributed by atoms with E-state index in [-0.39, 0.29) is 0 Å². The molecule has 15 heavy (non-hydrogen) atoms. The van der Waals surface area contributed by atoms with Crippen LogP contribution in [0.5, 0.6) is 5.88 Å². The van der Waals surface area contributed by atoms with Crippen molar-refractivity contribution < 1.29 is 9.53 Å². The van der Waals surface area contributed by atoms with E-state index in [4.69, 9.17) is 4.74 Å². The van der Waals surface area contributed by atoms with Crippen molar-refractivity contribution in [2.75, 3.05) is 20.2 Å². The van der Waals surface area contributed by atoms with Gasteiger partial charge in [0.1, 0.15) is 0 Å². The van der Waals surface area contributed by atoms with Gasteiger partial charge in [-0.3, -0.25) is 4.79 Å². The van der Waals surface area contributed by atoms with Crippen LogP contribution in [0, 0.1) is 0 Å². The summed E-state index contributed by atoms with van der Waals surface area (Å²) in [7, 11) is 1.62. The van der Waals surface area contributed by atoms with Crippen molar-refractivity contribution in [3.05, 3.63) is 23.9 Å². The average molecular weight is 206 g/mol. The van der Waals surface area contributed by atoms with Crippen LogP contribution in [0.4, 0.5) is 0 Å². The van der Waals surface area contributed by atoms with Crippen molar-refractivity contribution in [2.24, 2.45) is 0 Å². The van der Waals surface area contributed by atoms with Crippen LogP contribution in [0.25, 0.3) is 0 Å². The number of amides is 1. The van der Waals surface area contributed by atoms with Gasteiger partial charge in [-0.1, -0.05) is 6.07 Å². The highest BCUT2D eigenvalue weighted by molar-refractivity contribution is 5.48. The molecule has 2 heterocycles. The molecule has 0 aromatic carbocycles. The molecule has 1 saturated heterocycles. The Labute approximate surface area is 88.9 Å². The first kappa shape index (κ1) is 9.96. The van der Waals surface area contributed by atoms with Gasteiger partial charge in [0.2, 0.25) is 12.3 Å². The van der Waals surface area contributed by atoms with Crippen LogP contribution < -0.4 is 4.74 Å². The number of pyridine rings is 1. The zero-order valence-electron chi connectivity index (χ0n) is 8.72. The second kappa shape index (κ2) is 4.29. The lowest BCUT2D eigenvalue weighted by Crippen LogP contribution is -2.17. The number of rotatable bonds is 3. The van der Waals surface area contributed by atoms with Crippen LogP contribution >= 0.6 is 0 Å². The van der Waals surface area contributed by atoms with Gasteiger partial charge in [-0.25, -0.2) is 4.98 Å². The summed E-state index contributed by atoms with van der Waals surface area (Å²) in [6.45, 7) is 1.60. The van der Waals surface area contributed by atoms with Crippen LogP contribution in [0.3, 0.4) is 0 Å². The topological polar surface area (TPSA) is 42.4 Å². The van der Waals surface area contributed by atoms with Crippen LogP contribution in [0.1, 0.15) is 17.9 Å². The van der Waals surface area contributed by atoms with E-state index in [0.29, 0.717) is 11.8 Å². The summed E-state index contributed by atoms with van der Waals surface area (Å²) in [6.07, 6.45) is 3.61. The Kier molecular flexibility index (Phi) is 2.85. The molecule has 80 valence electrons. The minimum Gasteiger partial charge on any atom is -0.481 e. The molecule has 1 aromatic rings. The standard InChI is InChI=1S/C11H14N2O2/c1-15-11-10(3-2-5-12-11)9-4-6-13(7-9)8-14/h2-3,5,8-9H,4,6-7H2,1H3. The Morgan fingerprint density at radius 1 is 1.67 bits per heavy atom. The lowest BCUT2D eigenvalue weighted by Gasteiger charge is -2.13. The average Bonchev–Trinajstić information content (AvgIpc) is 2.77. The molecule has 0 spiro atoms. The second-order valence-electron chi connectivity index (χ2n) is 3.69. The normalized spacial score (nSPS) is 20.3. The molecule has 2 rings (SSSR count). The van der Waals surface area contributed by atoms with Crippen molar-refractivity contribution in [3.8, 4) is 5.88 Å². The Balaban J connectivity index is 2.19. The molecular weight excluding hydrogens is 192 g/mol. The molecule has 1 aliphatic heterocycles. The zero-order chi connectivity index (χ0) is 10.7. The molecule has 4 heteroatoms. The first-order valence-corrected chi connectivity index (χ1v) is 5.03. The van der Waals surface area contributed by atoms with Crippen molar-refractivity contribution in [1.29, 1.82) is 0 Å². The van der Waals surface area contributed by atoms with Gasteiger partial charge in [-0.2, -0.15) is 0 Å². The molecule has 0 saturated carbocycles. The molecule has 0 aliphatic carbocycles. The Morgan fingerprint density at radius 2 is 2.53 bits per heavy atom. The van der Waals surface area contributed by atoms with Crippen LogP contribution in [0.2, 0.25) is 0 Å². The van der Waals surface area contributed by atoms with Gasteiger partial charge in [0.05, 0.1) is 7.11 Å². The van der Waals surface area contributed by atoms with Crippen LogP contribution in [-0.4, -0.2) is 36.5 Å². The predicted octanol–water partition coefficient (Wildman–Crippen LogP) is 1.04. The summed E-state index contributed by atoms with van der Waals surface area (Å²) in [6, 6.07) is 3.92. The number of hydrogen-bond acceptors (Lipinski definition) is 3. The van der Waals surface area contributed by atoms with Gasteiger partial charge in [-0.15, -0.1) is 0 Å². The fourth-order valence-electron chi connectivity index (χ4n) is 2.02. The molecule has 1 aliphatic rings. The number of nitrogens with zero attached hydrogens (tertiary/aromatic N) is 2. The molecule has 4 nitrogen and oxygen atoms in total. The minimum absolute atomic E-state index is 0.360. The van der Waals surface area contributed by atoms with Gasteiger partial charge >= 0.3 is 0 Å². The predicted molar refractivity (Wildman–Crippen MR) is 55.8 cm³/mol. The number of aromatic nitrogens is 1. The second-order valence-corrected chi connectivity index (χ2v) is 3.69. The third-order valence-electron chi connectivity index (χ3n) is 2.80. The summed E-state index contributed by atoms with van der Waals surface area (Å²) in [5.74, 6) is 1.04. The highest BCUT2D eigenvalue weighted by atomic mass is 16.5. The number of ether oxygens (including phenoxy) is 1.